The summed E-state index contributed by atoms with van der Waals surface area (Å²) in [5.74, 6) is -1.04. The number of nitriles is 2. The van der Waals surface area contributed by atoms with E-state index in [1.54, 1.807) is 6.07 Å². The van der Waals surface area contributed by atoms with E-state index < -0.39 is 29.9 Å². The monoisotopic (exact) mass is 211 g/mol. The molecule has 0 aliphatic rings. The number of rotatable bonds is 2. The molecule has 0 aliphatic heterocycles. The average molecular weight is 211 g/mol. The van der Waals surface area contributed by atoms with Crippen LogP contribution in [0.1, 0.15) is 23.2 Å². The maximum absolute atomic E-state index is 12.8. The fourth-order valence-corrected chi connectivity index (χ4v) is 1.12. The fourth-order valence-electron chi connectivity index (χ4n) is 1.12. The van der Waals surface area contributed by atoms with Gasteiger partial charge in [-0.3, -0.25) is 0 Å². The standard InChI is InChI=1S/C9H4F3N3/c10-7-3-5(4-14)8(9(11)12)6(15-7)1-2-13/h3,9H,1H2. The molecular weight excluding hydrogens is 207 g/mol. The van der Waals surface area contributed by atoms with Crippen LogP contribution < -0.4 is 0 Å². The Morgan fingerprint density at radius 1 is 1.40 bits per heavy atom. The zero-order valence-electron chi connectivity index (χ0n) is 7.34. The summed E-state index contributed by atoms with van der Waals surface area (Å²) in [4.78, 5) is 3.17. The van der Waals surface area contributed by atoms with Crippen LogP contribution in [0, 0.1) is 28.6 Å². The Kier molecular flexibility index (Phi) is 3.25. The Balaban J connectivity index is 3.43. The molecule has 0 saturated heterocycles. The van der Waals surface area contributed by atoms with Gasteiger partial charge in [-0.2, -0.15) is 14.9 Å². The zero-order chi connectivity index (χ0) is 11.4. The normalized spacial score (nSPS) is 9.73. The number of hydrogen-bond donors (Lipinski definition) is 0. The first-order valence-corrected chi connectivity index (χ1v) is 3.84. The van der Waals surface area contributed by atoms with E-state index in [0.717, 1.165) is 0 Å². The van der Waals surface area contributed by atoms with Gasteiger partial charge in [0.05, 0.1) is 35.4 Å². The van der Waals surface area contributed by atoms with Gasteiger partial charge in [0.15, 0.2) is 0 Å². The molecule has 6 heteroatoms. The number of halogens is 3. The number of hydrogen-bond acceptors (Lipinski definition) is 3. The molecule has 0 fully saturated rings. The van der Waals surface area contributed by atoms with E-state index in [0.29, 0.717) is 6.07 Å². The van der Waals surface area contributed by atoms with Crippen molar-refractivity contribution in [1.29, 1.82) is 10.5 Å². The molecule has 0 aliphatic carbocycles. The summed E-state index contributed by atoms with van der Waals surface area (Å²) in [5.41, 5.74) is -1.53. The SMILES string of the molecule is N#CCc1nc(F)cc(C#N)c1C(F)F. The lowest BCUT2D eigenvalue weighted by molar-refractivity contribution is 0.149. The van der Waals surface area contributed by atoms with Gasteiger partial charge in [0.2, 0.25) is 5.95 Å². The molecule has 1 aromatic rings. The fraction of sp³-hybridized carbons (Fsp3) is 0.222. The van der Waals surface area contributed by atoms with E-state index in [1.807, 2.05) is 0 Å². The number of alkyl halides is 2. The molecule has 0 saturated carbocycles. The summed E-state index contributed by atoms with van der Waals surface area (Å²) in [5, 5.41) is 16.9. The summed E-state index contributed by atoms with van der Waals surface area (Å²) >= 11 is 0. The van der Waals surface area contributed by atoms with Crippen molar-refractivity contribution < 1.29 is 13.2 Å². The van der Waals surface area contributed by atoms with Crippen molar-refractivity contribution in [2.75, 3.05) is 0 Å². The molecule has 0 spiro atoms. The zero-order valence-corrected chi connectivity index (χ0v) is 7.34. The third kappa shape index (κ3) is 2.23. The van der Waals surface area contributed by atoms with Crippen LogP contribution >= 0.6 is 0 Å². The highest BCUT2D eigenvalue weighted by atomic mass is 19.3. The topological polar surface area (TPSA) is 60.5 Å². The number of nitrogens with zero attached hydrogens (tertiary/aromatic N) is 3. The van der Waals surface area contributed by atoms with Crippen molar-refractivity contribution in [3.63, 3.8) is 0 Å². The minimum absolute atomic E-state index is 0.385. The maximum Gasteiger partial charge on any atom is 0.266 e. The molecule has 0 bridgehead atoms. The highest BCUT2D eigenvalue weighted by Gasteiger charge is 2.20. The van der Waals surface area contributed by atoms with E-state index in [9.17, 15) is 13.2 Å². The van der Waals surface area contributed by atoms with Crippen molar-refractivity contribution in [2.45, 2.75) is 12.8 Å². The van der Waals surface area contributed by atoms with Gasteiger partial charge in [-0.15, -0.1) is 0 Å². The minimum atomic E-state index is -2.95. The second-order valence-corrected chi connectivity index (χ2v) is 2.60. The average Bonchev–Trinajstić information content (AvgIpc) is 2.16. The summed E-state index contributed by atoms with van der Waals surface area (Å²) in [6, 6.07) is 3.66. The third-order valence-electron chi connectivity index (χ3n) is 1.69. The number of aromatic nitrogens is 1. The quantitative estimate of drug-likeness (QED) is 0.703. The van der Waals surface area contributed by atoms with Gasteiger partial charge in [0.1, 0.15) is 0 Å². The van der Waals surface area contributed by atoms with Crippen LogP contribution in [-0.4, -0.2) is 4.98 Å². The molecule has 0 unspecified atom stereocenters. The summed E-state index contributed by atoms with van der Waals surface area (Å²) in [7, 11) is 0. The smallest absolute Gasteiger partial charge is 0.223 e. The van der Waals surface area contributed by atoms with Crippen LogP contribution in [0.4, 0.5) is 13.2 Å². The number of pyridine rings is 1. The first-order chi connectivity index (χ1) is 7.10. The van der Waals surface area contributed by atoms with Crippen LogP contribution in [0.2, 0.25) is 0 Å². The molecule has 0 N–H and O–H groups in total. The van der Waals surface area contributed by atoms with Crippen molar-refractivity contribution in [2.24, 2.45) is 0 Å². The lowest BCUT2D eigenvalue weighted by Gasteiger charge is -2.06. The minimum Gasteiger partial charge on any atom is -0.223 e. The molecule has 1 heterocycles. The second-order valence-electron chi connectivity index (χ2n) is 2.60. The van der Waals surface area contributed by atoms with E-state index in [2.05, 4.69) is 4.98 Å². The van der Waals surface area contributed by atoms with E-state index in [-0.39, 0.29) is 5.69 Å². The van der Waals surface area contributed by atoms with E-state index in [4.69, 9.17) is 10.5 Å². The van der Waals surface area contributed by atoms with E-state index in [1.165, 1.54) is 6.07 Å². The van der Waals surface area contributed by atoms with Gasteiger partial charge in [0.25, 0.3) is 6.43 Å². The Morgan fingerprint density at radius 2 is 2.07 bits per heavy atom. The first kappa shape index (κ1) is 11.0. The van der Waals surface area contributed by atoms with Crippen LogP contribution in [-0.2, 0) is 6.42 Å². The summed E-state index contributed by atoms with van der Waals surface area (Å²) < 4.78 is 37.8. The Labute approximate surface area is 83.4 Å². The van der Waals surface area contributed by atoms with Gasteiger partial charge in [-0.25, -0.2) is 13.8 Å². The highest BCUT2D eigenvalue weighted by molar-refractivity contribution is 5.41. The lowest BCUT2D eigenvalue weighted by atomic mass is 10.1. The highest BCUT2D eigenvalue weighted by Crippen LogP contribution is 2.26. The molecule has 0 amide bonds. The largest absolute Gasteiger partial charge is 0.266 e. The Bertz CT molecular complexity index is 457. The van der Waals surface area contributed by atoms with Gasteiger partial charge in [-0.1, -0.05) is 0 Å². The van der Waals surface area contributed by atoms with Gasteiger partial charge < -0.3 is 0 Å². The molecule has 3 nitrogen and oxygen atoms in total. The summed E-state index contributed by atoms with van der Waals surface area (Å²) in [6.07, 6.45) is -3.40. The van der Waals surface area contributed by atoms with Crippen LogP contribution in [0.3, 0.4) is 0 Å². The van der Waals surface area contributed by atoms with Crippen molar-refractivity contribution >= 4 is 0 Å². The molecule has 1 rings (SSSR count). The molecule has 0 atom stereocenters. The maximum atomic E-state index is 12.8. The third-order valence-corrected chi connectivity index (χ3v) is 1.69. The Hall–Kier alpha value is -2.08. The molecule has 15 heavy (non-hydrogen) atoms. The summed E-state index contributed by atoms with van der Waals surface area (Å²) in [6.45, 7) is 0. The van der Waals surface area contributed by atoms with Crippen molar-refractivity contribution in [3.05, 3.63) is 28.8 Å². The molecule has 0 aromatic carbocycles. The van der Waals surface area contributed by atoms with Gasteiger partial charge >= 0.3 is 0 Å². The van der Waals surface area contributed by atoms with Crippen LogP contribution in [0.5, 0.6) is 0 Å². The van der Waals surface area contributed by atoms with Crippen LogP contribution in [0.25, 0.3) is 0 Å². The molecule has 76 valence electrons. The predicted molar refractivity (Wildman–Crippen MR) is 43.2 cm³/mol. The van der Waals surface area contributed by atoms with Gasteiger partial charge in [0, 0.05) is 6.07 Å². The van der Waals surface area contributed by atoms with Gasteiger partial charge in [-0.05, 0) is 0 Å². The van der Waals surface area contributed by atoms with Crippen molar-refractivity contribution in [1.82, 2.24) is 4.98 Å². The predicted octanol–water partition coefficient (Wildman–Crippen LogP) is 2.10. The molecule has 1 aromatic heterocycles. The molecular formula is C9H4F3N3. The molecule has 0 radical (unpaired) electrons. The van der Waals surface area contributed by atoms with E-state index >= 15 is 0 Å². The Morgan fingerprint density at radius 3 is 2.53 bits per heavy atom. The first-order valence-electron chi connectivity index (χ1n) is 3.84. The van der Waals surface area contributed by atoms with Crippen molar-refractivity contribution in [3.8, 4) is 12.1 Å². The lowest BCUT2D eigenvalue weighted by Crippen LogP contribution is -2.03. The second kappa shape index (κ2) is 4.43. The van der Waals surface area contributed by atoms with Crippen LogP contribution in [0.15, 0.2) is 6.07 Å².